The zero-order valence-electron chi connectivity index (χ0n) is 16.7. The van der Waals surface area contributed by atoms with Crippen molar-refractivity contribution in [1.82, 2.24) is 0 Å². The first kappa shape index (κ1) is 22.2. The second kappa shape index (κ2) is 9.55. The van der Waals surface area contributed by atoms with Gasteiger partial charge in [-0.1, -0.05) is 54.6 Å². The molecule has 0 aromatic heterocycles. The van der Waals surface area contributed by atoms with Crippen LogP contribution in [-0.2, 0) is 20.4 Å². The van der Waals surface area contributed by atoms with Crippen molar-refractivity contribution in [2.24, 2.45) is 0 Å². The normalized spacial score (nSPS) is 14.6. The van der Waals surface area contributed by atoms with E-state index in [0.29, 0.717) is 16.3 Å². The van der Waals surface area contributed by atoms with Crippen LogP contribution in [0.2, 0.25) is 0 Å². The van der Waals surface area contributed by atoms with Gasteiger partial charge in [-0.15, -0.1) is 0 Å². The molecular formula is C23H22N2O5S. The maximum atomic E-state index is 13.5. The zero-order chi connectivity index (χ0) is 22.4. The monoisotopic (exact) mass is 438 g/mol. The van der Waals surface area contributed by atoms with Gasteiger partial charge in [-0.25, -0.2) is 9.80 Å². The molecule has 0 aliphatic rings. The average Bonchev–Trinajstić information content (AvgIpc) is 2.82. The van der Waals surface area contributed by atoms with Gasteiger partial charge in [-0.3, -0.25) is 14.4 Å². The van der Waals surface area contributed by atoms with E-state index in [1.165, 1.54) is 6.92 Å². The van der Waals surface area contributed by atoms with Crippen LogP contribution in [0, 0.1) is 0 Å². The largest absolute Gasteiger partial charge is 0.479 e. The molecule has 0 fully saturated rings. The number of benzene rings is 3. The highest BCUT2D eigenvalue weighted by molar-refractivity contribution is 7.85. The lowest BCUT2D eigenvalue weighted by Crippen LogP contribution is -2.62. The highest BCUT2D eigenvalue weighted by Gasteiger charge is 2.54. The summed E-state index contributed by atoms with van der Waals surface area (Å²) in [4.78, 5) is 26.0. The second-order valence-electron chi connectivity index (χ2n) is 6.78. The Kier molecular flexibility index (Phi) is 6.84. The van der Waals surface area contributed by atoms with Crippen LogP contribution in [0.1, 0.15) is 6.92 Å². The number of hydrazine groups is 1. The van der Waals surface area contributed by atoms with E-state index in [2.05, 4.69) is 5.43 Å². The lowest BCUT2D eigenvalue weighted by Gasteiger charge is -2.34. The lowest BCUT2D eigenvalue weighted by molar-refractivity contribution is -0.164. The fourth-order valence-electron chi connectivity index (χ4n) is 2.97. The lowest BCUT2D eigenvalue weighted by atomic mass is 9.98. The molecule has 3 unspecified atom stereocenters. The van der Waals surface area contributed by atoms with Crippen LogP contribution in [0.25, 0.3) is 0 Å². The van der Waals surface area contributed by atoms with Crippen LogP contribution >= 0.6 is 0 Å². The number of hydrogen-bond donors (Lipinski definition) is 3. The molecule has 0 saturated heterocycles. The van der Waals surface area contributed by atoms with Gasteiger partial charge in [0, 0.05) is 4.90 Å². The Bertz CT molecular complexity index is 1060. The Morgan fingerprint density at radius 2 is 1.39 bits per heavy atom. The van der Waals surface area contributed by atoms with Gasteiger partial charge in [0.15, 0.2) is 0 Å². The Hall–Kier alpha value is -3.49. The number of nitrogens with zero attached hydrogens (tertiary/aromatic N) is 1. The standard InChI is InChI=1S/C23H22N2O5S/c1-17(31(30)20-15-9-4-10-16-20)23(29,22(27)28)21(26)25(19-13-7-3-8-14-19)24-18-11-5-2-6-12-18/h2-17,24,29H,1H3,(H,27,28). The third kappa shape index (κ3) is 4.65. The van der Waals surface area contributed by atoms with Gasteiger partial charge in [0.2, 0.25) is 0 Å². The molecule has 0 radical (unpaired) electrons. The molecule has 0 saturated carbocycles. The first-order chi connectivity index (χ1) is 14.9. The van der Waals surface area contributed by atoms with Crippen LogP contribution in [0.15, 0.2) is 95.9 Å². The number of hydrogen-bond acceptors (Lipinski definition) is 5. The fraction of sp³-hybridized carbons (Fsp3) is 0.130. The van der Waals surface area contributed by atoms with E-state index in [1.807, 2.05) is 0 Å². The number of carboxylic acids is 1. The number of carbonyl (C=O) groups excluding carboxylic acids is 1. The molecular weight excluding hydrogens is 416 g/mol. The predicted molar refractivity (Wildman–Crippen MR) is 119 cm³/mol. The molecule has 160 valence electrons. The van der Waals surface area contributed by atoms with E-state index >= 15 is 0 Å². The van der Waals surface area contributed by atoms with Gasteiger partial charge < -0.3 is 10.2 Å². The molecule has 3 rings (SSSR count). The highest BCUT2D eigenvalue weighted by atomic mass is 32.2. The van der Waals surface area contributed by atoms with E-state index in [1.54, 1.807) is 91.0 Å². The van der Waals surface area contributed by atoms with Crippen LogP contribution in [0.5, 0.6) is 0 Å². The molecule has 0 heterocycles. The third-order valence-corrected chi connectivity index (χ3v) is 6.49. The smallest absolute Gasteiger partial charge is 0.347 e. The van der Waals surface area contributed by atoms with E-state index < -0.39 is 33.5 Å². The number of amides is 1. The summed E-state index contributed by atoms with van der Waals surface area (Å²) in [7, 11) is -1.96. The summed E-state index contributed by atoms with van der Waals surface area (Å²) in [5.74, 6) is -2.95. The number of anilines is 2. The van der Waals surface area contributed by atoms with Crippen molar-refractivity contribution >= 4 is 34.1 Å². The first-order valence-electron chi connectivity index (χ1n) is 9.48. The average molecular weight is 439 g/mol. The van der Waals surface area contributed by atoms with Crippen molar-refractivity contribution in [1.29, 1.82) is 0 Å². The molecule has 8 heteroatoms. The molecule has 0 spiro atoms. The first-order valence-corrected chi connectivity index (χ1v) is 10.7. The Morgan fingerprint density at radius 1 is 0.903 bits per heavy atom. The molecule has 3 atom stereocenters. The van der Waals surface area contributed by atoms with Gasteiger partial charge in [0.05, 0.1) is 27.4 Å². The SMILES string of the molecule is CC(S(=O)c1ccccc1)C(O)(C(=O)O)C(=O)N(Nc1ccccc1)c1ccccc1. The van der Waals surface area contributed by atoms with E-state index in [0.717, 1.165) is 5.01 Å². The van der Waals surface area contributed by atoms with Crippen LogP contribution in [0.4, 0.5) is 11.4 Å². The summed E-state index contributed by atoms with van der Waals surface area (Å²) in [5, 5.41) is 20.5. The quantitative estimate of drug-likeness (QED) is 0.369. The van der Waals surface area contributed by atoms with Gasteiger partial charge in [0.25, 0.3) is 11.5 Å². The minimum absolute atomic E-state index is 0.310. The highest BCUT2D eigenvalue weighted by Crippen LogP contribution is 2.27. The zero-order valence-corrected chi connectivity index (χ0v) is 17.5. The van der Waals surface area contributed by atoms with Crippen molar-refractivity contribution in [2.45, 2.75) is 22.7 Å². The molecule has 1 amide bonds. The van der Waals surface area contributed by atoms with Crippen molar-refractivity contribution < 1.29 is 24.0 Å². The van der Waals surface area contributed by atoms with Crippen molar-refractivity contribution in [3.05, 3.63) is 91.0 Å². The summed E-state index contributed by atoms with van der Waals surface area (Å²) in [6, 6.07) is 25.1. The molecule has 3 N–H and O–H groups in total. The van der Waals surface area contributed by atoms with Crippen LogP contribution in [-0.4, -0.2) is 37.1 Å². The molecule has 7 nitrogen and oxygen atoms in total. The summed E-state index contributed by atoms with van der Waals surface area (Å²) in [6.07, 6.45) is 0. The van der Waals surface area contributed by atoms with Crippen molar-refractivity contribution in [3.8, 4) is 0 Å². The van der Waals surface area contributed by atoms with Gasteiger partial charge in [0.1, 0.15) is 0 Å². The number of nitrogens with one attached hydrogen (secondary N) is 1. The molecule has 3 aromatic carbocycles. The molecule has 0 bridgehead atoms. The fourth-order valence-corrected chi connectivity index (χ4v) is 4.32. The molecule has 0 aliphatic heterocycles. The summed E-state index contributed by atoms with van der Waals surface area (Å²) < 4.78 is 13.0. The van der Waals surface area contributed by atoms with Crippen molar-refractivity contribution in [3.63, 3.8) is 0 Å². The van der Waals surface area contributed by atoms with E-state index in [-0.39, 0.29) is 0 Å². The van der Waals surface area contributed by atoms with Gasteiger partial charge >= 0.3 is 5.97 Å². The van der Waals surface area contributed by atoms with Crippen molar-refractivity contribution in [2.75, 3.05) is 10.4 Å². The maximum Gasteiger partial charge on any atom is 0.347 e. The van der Waals surface area contributed by atoms with Gasteiger partial charge in [-0.05, 0) is 43.3 Å². The minimum Gasteiger partial charge on any atom is -0.479 e. The minimum atomic E-state index is -2.96. The molecule has 31 heavy (non-hydrogen) atoms. The number of rotatable bonds is 8. The summed E-state index contributed by atoms with van der Waals surface area (Å²) in [6.45, 7) is 1.28. The summed E-state index contributed by atoms with van der Waals surface area (Å²) in [5.41, 5.74) is 0.708. The van der Waals surface area contributed by atoms with E-state index in [9.17, 15) is 24.0 Å². The predicted octanol–water partition coefficient (Wildman–Crippen LogP) is 3.06. The number of para-hydroxylation sites is 2. The number of carboxylic acid groups (broad SMARTS) is 1. The number of aliphatic hydroxyl groups is 1. The van der Waals surface area contributed by atoms with Crippen LogP contribution in [0.3, 0.4) is 0 Å². The van der Waals surface area contributed by atoms with Crippen LogP contribution < -0.4 is 10.4 Å². The second-order valence-corrected chi connectivity index (χ2v) is 8.55. The van der Waals surface area contributed by atoms with Gasteiger partial charge in [-0.2, -0.15) is 0 Å². The maximum absolute atomic E-state index is 13.5. The Morgan fingerprint density at radius 3 is 1.90 bits per heavy atom. The number of carbonyl (C=O) groups is 2. The summed E-state index contributed by atoms with van der Waals surface area (Å²) >= 11 is 0. The number of aliphatic carboxylic acids is 1. The third-order valence-electron chi connectivity index (χ3n) is 4.77. The molecule has 0 aliphatic carbocycles. The Balaban J connectivity index is 2.03. The molecule has 3 aromatic rings. The van der Waals surface area contributed by atoms with E-state index in [4.69, 9.17) is 0 Å². The topological polar surface area (TPSA) is 107 Å². The Labute approximate surface area is 182 Å².